The highest BCUT2D eigenvalue weighted by Crippen LogP contribution is 2.38. The fraction of sp³-hybridized carbons (Fsp3) is 0.182. The molecule has 3 rings (SSSR count). The minimum atomic E-state index is -1.26. The average Bonchev–Trinajstić information content (AvgIpc) is 2.67. The fourth-order valence-corrected chi connectivity index (χ4v) is 3.03. The van der Waals surface area contributed by atoms with Crippen molar-refractivity contribution < 1.29 is 14.6 Å². The molecular formula is C22H22O3. The second kappa shape index (κ2) is 6.99. The van der Waals surface area contributed by atoms with Gasteiger partial charge in [-0.2, -0.15) is 0 Å². The third-order valence-electron chi connectivity index (χ3n) is 4.45. The number of hydrogen-bond acceptors (Lipinski definition) is 3. The molecule has 0 aliphatic carbocycles. The van der Waals surface area contributed by atoms with Crippen LogP contribution in [0.5, 0.6) is 11.5 Å². The largest absolute Gasteiger partial charge is 0.497 e. The lowest BCUT2D eigenvalue weighted by Gasteiger charge is -2.30. The molecule has 0 heterocycles. The van der Waals surface area contributed by atoms with E-state index in [1.165, 1.54) is 0 Å². The summed E-state index contributed by atoms with van der Waals surface area (Å²) in [6, 6.07) is 23.0. The summed E-state index contributed by atoms with van der Waals surface area (Å²) in [5, 5.41) is 11.8. The van der Waals surface area contributed by atoms with Gasteiger partial charge in [0.15, 0.2) is 0 Å². The van der Waals surface area contributed by atoms with Gasteiger partial charge in [0.25, 0.3) is 0 Å². The Hall–Kier alpha value is -2.78. The van der Waals surface area contributed by atoms with Crippen LogP contribution >= 0.6 is 0 Å². The van der Waals surface area contributed by atoms with Gasteiger partial charge in [-0.3, -0.25) is 0 Å². The van der Waals surface area contributed by atoms with Gasteiger partial charge >= 0.3 is 0 Å². The van der Waals surface area contributed by atoms with E-state index in [2.05, 4.69) is 0 Å². The number of hydrogen-bond donors (Lipinski definition) is 1. The maximum atomic E-state index is 11.8. The van der Waals surface area contributed by atoms with Crippen molar-refractivity contribution in [3.05, 3.63) is 95.1 Å². The molecular weight excluding hydrogens is 312 g/mol. The maximum Gasteiger partial charge on any atom is 0.140 e. The van der Waals surface area contributed by atoms with Gasteiger partial charge in [0.05, 0.1) is 14.2 Å². The van der Waals surface area contributed by atoms with Crippen molar-refractivity contribution in [1.82, 2.24) is 0 Å². The first-order valence-electron chi connectivity index (χ1n) is 8.16. The summed E-state index contributed by atoms with van der Waals surface area (Å²) in [4.78, 5) is 0. The molecule has 3 nitrogen and oxygen atoms in total. The van der Waals surface area contributed by atoms with E-state index in [0.717, 1.165) is 33.8 Å². The summed E-state index contributed by atoms with van der Waals surface area (Å²) in [5.74, 6) is 1.51. The van der Waals surface area contributed by atoms with Crippen LogP contribution in [0.1, 0.15) is 22.3 Å². The van der Waals surface area contributed by atoms with Gasteiger partial charge in [0, 0.05) is 0 Å². The maximum absolute atomic E-state index is 11.8. The quantitative estimate of drug-likeness (QED) is 0.707. The number of aryl methyl sites for hydroxylation is 1. The van der Waals surface area contributed by atoms with Crippen molar-refractivity contribution in [2.75, 3.05) is 14.2 Å². The van der Waals surface area contributed by atoms with Crippen LogP contribution in [0.2, 0.25) is 0 Å². The Morgan fingerprint density at radius 3 is 1.56 bits per heavy atom. The molecule has 0 bridgehead atoms. The topological polar surface area (TPSA) is 38.7 Å². The Labute approximate surface area is 148 Å². The summed E-state index contributed by atoms with van der Waals surface area (Å²) in [6.45, 7) is 2.02. The van der Waals surface area contributed by atoms with Crippen LogP contribution < -0.4 is 9.47 Å². The standard InChI is InChI=1S/C22H22O3/c1-16-5-4-6-19(15-16)22(23,17-7-11-20(24-2)12-8-17)18-9-13-21(25-3)14-10-18/h4-15,23H,1-3H3. The molecule has 0 aliphatic heterocycles. The SMILES string of the molecule is COc1ccc(C(O)(c2ccc(OC)cc2)c2cccc(C)c2)cc1. The average molecular weight is 334 g/mol. The highest BCUT2D eigenvalue weighted by Gasteiger charge is 2.34. The predicted molar refractivity (Wildman–Crippen MR) is 99.3 cm³/mol. The molecule has 1 N–H and O–H groups in total. The molecule has 25 heavy (non-hydrogen) atoms. The van der Waals surface area contributed by atoms with Crippen LogP contribution in [0.25, 0.3) is 0 Å². The second-order valence-corrected chi connectivity index (χ2v) is 6.04. The Morgan fingerprint density at radius 1 is 0.680 bits per heavy atom. The number of benzene rings is 3. The Balaban J connectivity index is 2.18. The van der Waals surface area contributed by atoms with E-state index in [1.54, 1.807) is 14.2 Å². The molecule has 0 saturated carbocycles. The lowest BCUT2D eigenvalue weighted by atomic mass is 9.80. The number of aliphatic hydroxyl groups is 1. The molecule has 0 spiro atoms. The Bertz CT molecular complexity index is 788. The fourth-order valence-electron chi connectivity index (χ4n) is 3.03. The number of rotatable bonds is 5. The van der Waals surface area contributed by atoms with Crippen LogP contribution in [-0.4, -0.2) is 19.3 Å². The highest BCUT2D eigenvalue weighted by molar-refractivity contribution is 5.49. The molecule has 0 radical (unpaired) electrons. The third-order valence-corrected chi connectivity index (χ3v) is 4.45. The van der Waals surface area contributed by atoms with Gasteiger partial charge < -0.3 is 14.6 Å². The Kier molecular flexibility index (Phi) is 4.77. The molecule has 0 aliphatic rings. The van der Waals surface area contributed by atoms with Gasteiger partial charge in [0.2, 0.25) is 0 Å². The summed E-state index contributed by atoms with van der Waals surface area (Å²) >= 11 is 0. The van der Waals surface area contributed by atoms with E-state index in [9.17, 15) is 5.11 Å². The Morgan fingerprint density at radius 2 is 1.16 bits per heavy atom. The van der Waals surface area contributed by atoms with Gasteiger partial charge in [-0.05, 0) is 47.9 Å². The molecule has 0 fully saturated rings. The molecule has 0 aromatic heterocycles. The molecule has 3 heteroatoms. The first-order chi connectivity index (χ1) is 12.1. The van der Waals surface area contributed by atoms with Gasteiger partial charge in [-0.1, -0.05) is 54.1 Å². The highest BCUT2D eigenvalue weighted by atomic mass is 16.5. The first kappa shape index (κ1) is 17.1. The molecule has 3 aromatic carbocycles. The zero-order chi connectivity index (χ0) is 17.9. The predicted octanol–water partition coefficient (Wildman–Crippen LogP) is 4.30. The van der Waals surface area contributed by atoms with Gasteiger partial charge in [-0.25, -0.2) is 0 Å². The van der Waals surface area contributed by atoms with E-state index in [-0.39, 0.29) is 0 Å². The van der Waals surface area contributed by atoms with Crippen molar-refractivity contribution in [3.8, 4) is 11.5 Å². The molecule has 0 unspecified atom stereocenters. The van der Waals surface area contributed by atoms with E-state index in [4.69, 9.17) is 9.47 Å². The van der Waals surface area contributed by atoms with E-state index in [0.29, 0.717) is 0 Å². The summed E-state index contributed by atoms with van der Waals surface area (Å²) < 4.78 is 10.5. The lowest BCUT2D eigenvalue weighted by Crippen LogP contribution is -2.28. The van der Waals surface area contributed by atoms with Crippen molar-refractivity contribution in [1.29, 1.82) is 0 Å². The van der Waals surface area contributed by atoms with E-state index >= 15 is 0 Å². The first-order valence-corrected chi connectivity index (χ1v) is 8.16. The molecule has 0 atom stereocenters. The van der Waals surface area contributed by atoms with Crippen molar-refractivity contribution in [3.63, 3.8) is 0 Å². The second-order valence-electron chi connectivity index (χ2n) is 6.04. The van der Waals surface area contributed by atoms with Crippen molar-refractivity contribution in [2.45, 2.75) is 12.5 Å². The minimum absolute atomic E-state index is 0.755. The molecule has 128 valence electrons. The normalized spacial score (nSPS) is 11.2. The van der Waals surface area contributed by atoms with E-state index < -0.39 is 5.60 Å². The summed E-state index contributed by atoms with van der Waals surface area (Å²) in [6.07, 6.45) is 0. The summed E-state index contributed by atoms with van der Waals surface area (Å²) in [5.41, 5.74) is 2.22. The molecule has 3 aromatic rings. The van der Waals surface area contributed by atoms with Crippen molar-refractivity contribution >= 4 is 0 Å². The van der Waals surface area contributed by atoms with Gasteiger partial charge in [-0.15, -0.1) is 0 Å². The molecule has 0 saturated heterocycles. The monoisotopic (exact) mass is 334 g/mol. The van der Waals surface area contributed by atoms with Crippen LogP contribution in [-0.2, 0) is 5.60 Å². The number of ether oxygens (including phenoxy) is 2. The number of methoxy groups -OCH3 is 2. The minimum Gasteiger partial charge on any atom is -0.497 e. The summed E-state index contributed by atoms with van der Waals surface area (Å²) in [7, 11) is 3.26. The van der Waals surface area contributed by atoms with Crippen LogP contribution in [0, 0.1) is 6.92 Å². The third kappa shape index (κ3) is 3.24. The van der Waals surface area contributed by atoms with Gasteiger partial charge in [0.1, 0.15) is 17.1 Å². The smallest absolute Gasteiger partial charge is 0.140 e. The molecule has 0 amide bonds. The van der Waals surface area contributed by atoms with Crippen LogP contribution in [0.4, 0.5) is 0 Å². The van der Waals surface area contributed by atoms with Crippen molar-refractivity contribution in [2.24, 2.45) is 0 Å². The lowest BCUT2D eigenvalue weighted by molar-refractivity contribution is 0.125. The van der Waals surface area contributed by atoms with E-state index in [1.807, 2.05) is 79.7 Å². The van der Waals surface area contributed by atoms with Crippen LogP contribution in [0.15, 0.2) is 72.8 Å². The zero-order valence-electron chi connectivity index (χ0n) is 14.7. The van der Waals surface area contributed by atoms with Crippen LogP contribution in [0.3, 0.4) is 0 Å². The zero-order valence-corrected chi connectivity index (χ0v) is 14.7.